The maximum Gasteiger partial charge on any atom is 0.226 e. The summed E-state index contributed by atoms with van der Waals surface area (Å²) in [5.41, 5.74) is 8.55. The highest BCUT2D eigenvalue weighted by Crippen LogP contribution is 2.15. The van der Waals surface area contributed by atoms with Gasteiger partial charge in [0, 0.05) is 26.1 Å². The number of aromatic nitrogens is 2. The minimum absolute atomic E-state index is 0.0726. The van der Waals surface area contributed by atoms with Gasteiger partial charge in [0.2, 0.25) is 5.91 Å². The number of hydrogen-bond acceptors (Lipinski definition) is 3. The number of aryl methyl sites for hydroxylation is 1. The lowest BCUT2D eigenvalue weighted by molar-refractivity contribution is -0.133. The molecule has 0 radical (unpaired) electrons. The number of nitrogens with two attached hydrogens (primary N) is 1. The Kier molecular flexibility index (Phi) is 3.85. The molecule has 19 heavy (non-hydrogen) atoms. The maximum atomic E-state index is 12.0. The third-order valence-corrected chi connectivity index (χ3v) is 3.24. The highest BCUT2D eigenvalue weighted by Gasteiger charge is 2.16. The highest BCUT2D eigenvalue weighted by atomic mass is 16.2. The Hall–Kier alpha value is -1.88. The number of carbonyl (C=O) groups excluding carboxylic acids is 1. The first-order valence-electron chi connectivity index (χ1n) is 6.41. The average molecular weight is 260 g/mol. The van der Waals surface area contributed by atoms with Gasteiger partial charge < -0.3 is 15.6 Å². The van der Waals surface area contributed by atoms with E-state index in [4.69, 9.17) is 5.73 Å². The third kappa shape index (κ3) is 2.93. The lowest BCUT2D eigenvalue weighted by atomic mass is 10.1. The molecule has 0 saturated carbocycles. The van der Waals surface area contributed by atoms with Crippen molar-refractivity contribution in [2.45, 2.75) is 20.4 Å². The Bertz CT molecular complexity index is 590. The van der Waals surface area contributed by atoms with Gasteiger partial charge in [0.1, 0.15) is 5.82 Å². The van der Waals surface area contributed by atoms with E-state index in [1.807, 2.05) is 32.0 Å². The van der Waals surface area contributed by atoms with Crippen LogP contribution in [0.4, 0.5) is 0 Å². The fourth-order valence-electron chi connectivity index (χ4n) is 2.11. The quantitative estimate of drug-likeness (QED) is 0.873. The fourth-order valence-corrected chi connectivity index (χ4v) is 2.11. The molecule has 5 nitrogen and oxygen atoms in total. The van der Waals surface area contributed by atoms with E-state index in [0.717, 1.165) is 22.4 Å². The molecule has 0 bridgehead atoms. The van der Waals surface area contributed by atoms with Crippen molar-refractivity contribution in [3.05, 3.63) is 29.6 Å². The molecule has 1 unspecified atom stereocenters. The summed E-state index contributed by atoms with van der Waals surface area (Å²) in [4.78, 5) is 21.2. The molecule has 0 fully saturated rings. The summed E-state index contributed by atoms with van der Waals surface area (Å²) in [7, 11) is 1.80. The van der Waals surface area contributed by atoms with E-state index in [2.05, 4.69) is 9.97 Å². The van der Waals surface area contributed by atoms with Crippen LogP contribution >= 0.6 is 0 Å². The first-order valence-corrected chi connectivity index (χ1v) is 6.41. The molecule has 5 heteroatoms. The van der Waals surface area contributed by atoms with E-state index in [1.54, 1.807) is 11.9 Å². The van der Waals surface area contributed by atoms with Crippen molar-refractivity contribution in [2.24, 2.45) is 11.7 Å². The molecule has 0 aliphatic carbocycles. The van der Waals surface area contributed by atoms with E-state index in [-0.39, 0.29) is 11.8 Å². The van der Waals surface area contributed by atoms with Gasteiger partial charge >= 0.3 is 0 Å². The lowest BCUT2D eigenvalue weighted by Crippen LogP contribution is -2.34. The van der Waals surface area contributed by atoms with Gasteiger partial charge in [0.15, 0.2) is 0 Å². The van der Waals surface area contributed by atoms with Crippen LogP contribution in [0, 0.1) is 12.8 Å². The van der Waals surface area contributed by atoms with Gasteiger partial charge in [0.25, 0.3) is 0 Å². The summed E-state index contributed by atoms with van der Waals surface area (Å²) in [5, 5.41) is 0. The van der Waals surface area contributed by atoms with Crippen LogP contribution in [0.15, 0.2) is 18.2 Å². The molecule has 1 heterocycles. The van der Waals surface area contributed by atoms with Crippen molar-refractivity contribution in [3.63, 3.8) is 0 Å². The van der Waals surface area contributed by atoms with Crippen molar-refractivity contribution in [1.82, 2.24) is 14.9 Å². The van der Waals surface area contributed by atoms with Gasteiger partial charge in [-0.25, -0.2) is 4.98 Å². The monoisotopic (exact) mass is 260 g/mol. The molecule has 0 aliphatic heterocycles. The molecule has 0 spiro atoms. The van der Waals surface area contributed by atoms with Crippen molar-refractivity contribution in [2.75, 3.05) is 13.6 Å². The molecule has 102 valence electrons. The standard InChI is InChI=1S/C14H20N4O/c1-9(7-15)14(19)18(3)8-11-4-5-12-13(6-11)17-10(2)16-12/h4-6,9H,7-8,15H2,1-3H3,(H,16,17). The Balaban J connectivity index is 2.14. The smallest absolute Gasteiger partial charge is 0.226 e. The van der Waals surface area contributed by atoms with Gasteiger partial charge in [-0.2, -0.15) is 0 Å². The van der Waals surface area contributed by atoms with E-state index >= 15 is 0 Å². The lowest BCUT2D eigenvalue weighted by Gasteiger charge is -2.20. The number of amides is 1. The van der Waals surface area contributed by atoms with Crippen LogP contribution in [0.2, 0.25) is 0 Å². The predicted octanol–water partition coefficient (Wildman–Crippen LogP) is 1.42. The number of benzene rings is 1. The van der Waals surface area contributed by atoms with Crippen LogP contribution in [0.5, 0.6) is 0 Å². The number of nitrogens with zero attached hydrogens (tertiary/aromatic N) is 2. The second kappa shape index (κ2) is 5.40. The number of hydrogen-bond donors (Lipinski definition) is 2. The molecular formula is C14H20N4O. The van der Waals surface area contributed by atoms with Crippen molar-refractivity contribution < 1.29 is 4.79 Å². The van der Waals surface area contributed by atoms with Crippen LogP contribution in [-0.4, -0.2) is 34.4 Å². The molecule has 0 aliphatic rings. The van der Waals surface area contributed by atoms with Crippen LogP contribution in [0.3, 0.4) is 0 Å². The molecule has 1 amide bonds. The first kappa shape index (κ1) is 13.5. The molecule has 3 N–H and O–H groups in total. The zero-order valence-corrected chi connectivity index (χ0v) is 11.6. The highest BCUT2D eigenvalue weighted by molar-refractivity contribution is 5.79. The number of fused-ring (bicyclic) bond motifs is 1. The fraction of sp³-hybridized carbons (Fsp3) is 0.429. The number of aromatic amines is 1. The van der Waals surface area contributed by atoms with E-state index in [0.29, 0.717) is 13.1 Å². The third-order valence-electron chi connectivity index (χ3n) is 3.24. The minimum Gasteiger partial charge on any atom is -0.342 e. The Morgan fingerprint density at radius 1 is 1.53 bits per heavy atom. The van der Waals surface area contributed by atoms with Gasteiger partial charge in [-0.1, -0.05) is 13.0 Å². The number of nitrogens with one attached hydrogen (secondary N) is 1. The van der Waals surface area contributed by atoms with E-state index < -0.39 is 0 Å². The Morgan fingerprint density at radius 3 is 2.95 bits per heavy atom. The van der Waals surface area contributed by atoms with Crippen molar-refractivity contribution in [3.8, 4) is 0 Å². The van der Waals surface area contributed by atoms with Crippen molar-refractivity contribution >= 4 is 16.9 Å². The second-order valence-corrected chi connectivity index (χ2v) is 5.00. The van der Waals surface area contributed by atoms with Gasteiger partial charge in [-0.15, -0.1) is 0 Å². The molecular weight excluding hydrogens is 240 g/mol. The molecule has 2 aromatic rings. The molecule has 2 rings (SSSR count). The molecule has 1 atom stereocenters. The summed E-state index contributed by atoms with van der Waals surface area (Å²) in [6.45, 7) is 4.73. The summed E-state index contributed by atoms with van der Waals surface area (Å²) in [6, 6.07) is 6.00. The van der Waals surface area contributed by atoms with Gasteiger partial charge in [-0.05, 0) is 24.6 Å². The zero-order valence-electron chi connectivity index (χ0n) is 11.6. The summed E-state index contributed by atoms with van der Waals surface area (Å²) in [6.07, 6.45) is 0. The number of H-pyrrole nitrogens is 1. The summed E-state index contributed by atoms with van der Waals surface area (Å²) < 4.78 is 0. The first-order chi connectivity index (χ1) is 9.01. The SMILES string of the molecule is Cc1nc2ccc(CN(C)C(=O)C(C)CN)cc2[nH]1. The molecule has 0 saturated heterocycles. The van der Waals surface area contributed by atoms with Crippen molar-refractivity contribution in [1.29, 1.82) is 0 Å². The Labute approximate surface area is 112 Å². The average Bonchev–Trinajstić information content (AvgIpc) is 2.76. The summed E-state index contributed by atoms with van der Waals surface area (Å²) >= 11 is 0. The van der Waals surface area contributed by atoms with Crippen LogP contribution in [0.25, 0.3) is 11.0 Å². The van der Waals surface area contributed by atoms with E-state index in [1.165, 1.54) is 0 Å². The Morgan fingerprint density at radius 2 is 2.26 bits per heavy atom. The van der Waals surface area contributed by atoms with Crippen LogP contribution in [0.1, 0.15) is 18.3 Å². The molecule has 1 aromatic carbocycles. The maximum absolute atomic E-state index is 12.0. The number of imidazole rings is 1. The predicted molar refractivity (Wildman–Crippen MR) is 75.5 cm³/mol. The van der Waals surface area contributed by atoms with Crippen LogP contribution in [-0.2, 0) is 11.3 Å². The normalized spacial score (nSPS) is 12.6. The number of carbonyl (C=O) groups is 1. The minimum atomic E-state index is -0.136. The summed E-state index contributed by atoms with van der Waals surface area (Å²) in [5.74, 6) is 0.833. The molecule has 1 aromatic heterocycles. The second-order valence-electron chi connectivity index (χ2n) is 5.00. The van der Waals surface area contributed by atoms with E-state index in [9.17, 15) is 4.79 Å². The topological polar surface area (TPSA) is 75.0 Å². The van der Waals surface area contributed by atoms with Gasteiger partial charge in [0.05, 0.1) is 11.0 Å². The van der Waals surface area contributed by atoms with Crippen LogP contribution < -0.4 is 5.73 Å². The number of rotatable bonds is 4. The van der Waals surface area contributed by atoms with Gasteiger partial charge in [-0.3, -0.25) is 4.79 Å². The zero-order chi connectivity index (χ0) is 14.0. The largest absolute Gasteiger partial charge is 0.342 e.